The lowest BCUT2D eigenvalue weighted by Crippen LogP contribution is -2.53. The van der Waals surface area contributed by atoms with Gasteiger partial charge in [0.15, 0.2) is 5.96 Å². The number of nitrogens with one attached hydrogen (secondary N) is 1. The van der Waals surface area contributed by atoms with Crippen LogP contribution in [0, 0.1) is 11.8 Å². The number of piperazine rings is 1. The molecule has 3 aliphatic rings. The number of aliphatic imine (C=N–C) groups is 1. The number of rotatable bonds is 5. The van der Waals surface area contributed by atoms with E-state index in [1.165, 1.54) is 70.9 Å². The van der Waals surface area contributed by atoms with E-state index in [4.69, 9.17) is 10.7 Å². The highest BCUT2D eigenvalue weighted by atomic mass is 15.4. The number of anilines is 1. The van der Waals surface area contributed by atoms with Gasteiger partial charge in [0.25, 0.3) is 0 Å². The lowest BCUT2D eigenvalue weighted by Gasteiger charge is -2.41. The highest BCUT2D eigenvalue weighted by Gasteiger charge is 2.27. The average Bonchev–Trinajstić information content (AvgIpc) is 2.83. The molecule has 2 unspecified atom stereocenters. The molecule has 30 heavy (non-hydrogen) atoms. The van der Waals surface area contributed by atoms with E-state index in [9.17, 15) is 0 Å². The average molecular weight is 412 g/mol. The predicted octanol–water partition coefficient (Wildman–Crippen LogP) is 4.17. The summed E-state index contributed by atoms with van der Waals surface area (Å²) in [6.07, 6.45) is 12.2. The molecule has 166 valence electrons. The SMILES string of the molecule is NCC1CCCC(CN=C(Nc2ccccc2)N2CCN(C3CCCCC3)CC2)C1. The molecule has 1 aromatic carbocycles. The van der Waals surface area contributed by atoms with Gasteiger partial charge in [0.2, 0.25) is 0 Å². The third-order valence-electron chi connectivity index (χ3n) is 7.46. The first-order valence-electron chi connectivity index (χ1n) is 12.4. The van der Waals surface area contributed by atoms with E-state index in [-0.39, 0.29) is 0 Å². The zero-order chi connectivity index (χ0) is 20.6. The van der Waals surface area contributed by atoms with Crippen LogP contribution in [0.15, 0.2) is 35.3 Å². The van der Waals surface area contributed by atoms with E-state index in [2.05, 4.69) is 45.4 Å². The summed E-state index contributed by atoms with van der Waals surface area (Å²) < 4.78 is 0. The highest BCUT2D eigenvalue weighted by molar-refractivity contribution is 5.93. The maximum absolute atomic E-state index is 5.95. The summed E-state index contributed by atoms with van der Waals surface area (Å²) in [6, 6.07) is 11.3. The minimum atomic E-state index is 0.684. The smallest absolute Gasteiger partial charge is 0.198 e. The van der Waals surface area contributed by atoms with Crippen LogP contribution in [0.5, 0.6) is 0 Å². The molecule has 5 heteroatoms. The van der Waals surface area contributed by atoms with Crippen LogP contribution in [0.4, 0.5) is 5.69 Å². The summed E-state index contributed by atoms with van der Waals surface area (Å²) in [4.78, 5) is 10.4. The first kappa shape index (κ1) is 21.6. The van der Waals surface area contributed by atoms with Crippen molar-refractivity contribution in [3.05, 3.63) is 30.3 Å². The fourth-order valence-electron chi connectivity index (χ4n) is 5.61. The Hall–Kier alpha value is -1.59. The summed E-state index contributed by atoms with van der Waals surface area (Å²) in [5.74, 6) is 2.45. The standard InChI is InChI=1S/C25H41N5/c26-19-21-8-7-9-22(18-21)20-27-25(28-23-10-3-1-4-11-23)30-16-14-29(15-17-30)24-12-5-2-6-13-24/h1,3-4,10-11,21-22,24H,2,5-9,12-20,26H2,(H,27,28). The van der Waals surface area contributed by atoms with Crippen molar-refractivity contribution >= 4 is 11.6 Å². The van der Waals surface area contributed by atoms with E-state index in [1.54, 1.807) is 0 Å². The van der Waals surface area contributed by atoms with Crippen molar-refractivity contribution < 1.29 is 0 Å². The van der Waals surface area contributed by atoms with Crippen molar-refractivity contribution in [1.82, 2.24) is 9.80 Å². The second kappa shape index (κ2) is 11.1. The molecular weight excluding hydrogens is 370 g/mol. The summed E-state index contributed by atoms with van der Waals surface area (Å²) in [7, 11) is 0. The maximum atomic E-state index is 5.95. The second-order valence-corrected chi connectivity index (χ2v) is 9.60. The number of benzene rings is 1. The first-order chi connectivity index (χ1) is 14.8. The monoisotopic (exact) mass is 411 g/mol. The Labute approximate surface area is 183 Å². The summed E-state index contributed by atoms with van der Waals surface area (Å²) in [5.41, 5.74) is 7.09. The number of hydrogen-bond donors (Lipinski definition) is 2. The third-order valence-corrected chi connectivity index (χ3v) is 7.46. The zero-order valence-corrected chi connectivity index (χ0v) is 18.6. The van der Waals surface area contributed by atoms with E-state index in [0.717, 1.165) is 43.9 Å². The predicted molar refractivity (Wildman–Crippen MR) is 127 cm³/mol. The fourth-order valence-corrected chi connectivity index (χ4v) is 5.61. The molecule has 1 heterocycles. The molecule has 0 amide bonds. The summed E-state index contributed by atoms with van der Waals surface area (Å²) >= 11 is 0. The van der Waals surface area contributed by atoms with Crippen molar-refractivity contribution in [2.24, 2.45) is 22.6 Å². The lowest BCUT2D eigenvalue weighted by molar-refractivity contribution is 0.107. The van der Waals surface area contributed by atoms with Crippen LogP contribution in [-0.4, -0.2) is 61.1 Å². The molecule has 3 fully saturated rings. The molecule has 5 nitrogen and oxygen atoms in total. The minimum absolute atomic E-state index is 0.684. The Balaban J connectivity index is 1.38. The van der Waals surface area contributed by atoms with Gasteiger partial charge in [-0.25, -0.2) is 0 Å². The Bertz CT molecular complexity index is 647. The molecule has 0 spiro atoms. The van der Waals surface area contributed by atoms with Crippen molar-refractivity contribution in [3.63, 3.8) is 0 Å². The molecule has 0 radical (unpaired) electrons. The van der Waals surface area contributed by atoms with Gasteiger partial charge in [-0.15, -0.1) is 0 Å². The zero-order valence-electron chi connectivity index (χ0n) is 18.6. The van der Waals surface area contributed by atoms with Crippen molar-refractivity contribution in [1.29, 1.82) is 0 Å². The van der Waals surface area contributed by atoms with Gasteiger partial charge in [-0.05, 0) is 62.6 Å². The van der Waals surface area contributed by atoms with Crippen LogP contribution in [0.3, 0.4) is 0 Å². The van der Waals surface area contributed by atoms with E-state index >= 15 is 0 Å². The summed E-state index contributed by atoms with van der Waals surface area (Å²) in [6.45, 7) is 6.24. The molecule has 1 aromatic rings. The van der Waals surface area contributed by atoms with Crippen molar-refractivity contribution in [3.8, 4) is 0 Å². The van der Waals surface area contributed by atoms with Crippen LogP contribution in [-0.2, 0) is 0 Å². The molecule has 3 N–H and O–H groups in total. The third kappa shape index (κ3) is 5.98. The molecule has 0 aromatic heterocycles. The normalized spacial score (nSPS) is 27.2. The molecule has 0 bridgehead atoms. The topological polar surface area (TPSA) is 56.9 Å². The second-order valence-electron chi connectivity index (χ2n) is 9.60. The quantitative estimate of drug-likeness (QED) is 0.564. The number of para-hydroxylation sites is 1. The minimum Gasteiger partial charge on any atom is -0.340 e. The maximum Gasteiger partial charge on any atom is 0.198 e. The number of nitrogens with zero attached hydrogens (tertiary/aromatic N) is 3. The van der Waals surface area contributed by atoms with Gasteiger partial charge in [-0.1, -0.05) is 43.9 Å². The fraction of sp³-hybridized carbons (Fsp3) is 0.720. The molecule has 2 aliphatic carbocycles. The molecular formula is C25H41N5. The highest BCUT2D eigenvalue weighted by Crippen LogP contribution is 2.29. The Kier molecular flexibility index (Phi) is 8.04. The molecule has 2 saturated carbocycles. The first-order valence-corrected chi connectivity index (χ1v) is 12.4. The van der Waals surface area contributed by atoms with Crippen LogP contribution in [0.2, 0.25) is 0 Å². The number of guanidine groups is 1. The Morgan fingerprint density at radius 1 is 0.900 bits per heavy atom. The Morgan fingerprint density at radius 3 is 2.37 bits per heavy atom. The van der Waals surface area contributed by atoms with Crippen LogP contribution in [0.1, 0.15) is 57.8 Å². The van der Waals surface area contributed by atoms with Gasteiger partial charge in [0, 0.05) is 44.5 Å². The van der Waals surface area contributed by atoms with Crippen molar-refractivity contribution in [2.45, 2.75) is 63.8 Å². The van der Waals surface area contributed by atoms with Gasteiger partial charge in [-0.2, -0.15) is 0 Å². The van der Waals surface area contributed by atoms with Crippen LogP contribution < -0.4 is 11.1 Å². The Morgan fingerprint density at radius 2 is 1.63 bits per heavy atom. The van der Waals surface area contributed by atoms with Crippen LogP contribution >= 0.6 is 0 Å². The summed E-state index contributed by atoms with van der Waals surface area (Å²) in [5, 5.41) is 3.64. The van der Waals surface area contributed by atoms with Gasteiger partial charge >= 0.3 is 0 Å². The molecule has 1 saturated heterocycles. The van der Waals surface area contributed by atoms with E-state index in [1.807, 2.05) is 0 Å². The van der Waals surface area contributed by atoms with Crippen LogP contribution in [0.25, 0.3) is 0 Å². The molecule has 4 rings (SSSR count). The van der Waals surface area contributed by atoms with Gasteiger partial charge in [0.05, 0.1) is 0 Å². The largest absolute Gasteiger partial charge is 0.340 e. The van der Waals surface area contributed by atoms with Gasteiger partial charge in [0.1, 0.15) is 0 Å². The number of hydrogen-bond acceptors (Lipinski definition) is 3. The van der Waals surface area contributed by atoms with Crippen molar-refractivity contribution in [2.75, 3.05) is 44.6 Å². The van der Waals surface area contributed by atoms with E-state index in [0.29, 0.717) is 11.8 Å². The van der Waals surface area contributed by atoms with E-state index < -0.39 is 0 Å². The van der Waals surface area contributed by atoms with Gasteiger partial charge < -0.3 is 16.0 Å². The molecule has 2 atom stereocenters. The molecule has 1 aliphatic heterocycles. The lowest BCUT2D eigenvalue weighted by atomic mass is 9.81. The number of nitrogens with two attached hydrogens (primary N) is 1. The van der Waals surface area contributed by atoms with Gasteiger partial charge in [-0.3, -0.25) is 9.89 Å².